The number of carbonyl (C=O) groups is 1. The Morgan fingerprint density at radius 1 is 1.17 bits per heavy atom. The summed E-state index contributed by atoms with van der Waals surface area (Å²) < 4.78 is 5.27. The number of hydrogen-bond acceptors (Lipinski definition) is 4. The topological polar surface area (TPSA) is 68.5 Å². The smallest absolute Gasteiger partial charge is 0.255 e. The largest absolute Gasteiger partial charge is 0.497 e. The first-order valence-corrected chi connectivity index (χ1v) is 9.60. The van der Waals surface area contributed by atoms with Crippen molar-refractivity contribution >= 4 is 29.2 Å². The van der Waals surface area contributed by atoms with Crippen LogP contribution in [0.1, 0.15) is 27.5 Å². The summed E-state index contributed by atoms with van der Waals surface area (Å²) in [5, 5.41) is 0.934. The van der Waals surface area contributed by atoms with Crippen LogP contribution < -0.4 is 10.5 Å². The van der Waals surface area contributed by atoms with Gasteiger partial charge in [0, 0.05) is 30.5 Å². The molecule has 152 valence electrons. The highest BCUT2D eigenvalue weighted by Gasteiger charge is 2.36. The standard InChI is InChI=1S/C23H25N3O2.ClH/c1-15-20(10-17-8-9-19(28-2)11-22(17)25-15)23(27)26-13-18(12-24)21(14-26)16-6-4-3-5-7-16;/h3-11,18,21H,12-14,24H2,1-2H3;1H/t18-,21+;/m1./s1. The van der Waals surface area contributed by atoms with Gasteiger partial charge in [0.25, 0.3) is 5.91 Å². The highest BCUT2D eigenvalue weighted by Crippen LogP contribution is 2.33. The summed E-state index contributed by atoms with van der Waals surface area (Å²) in [4.78, 5) is 19.9. The van der Waals surface area contributed by atoms with Gasteiger partial charge in [-0.2, -0.15) is 0 Å². The zero-order valence-corrected chi connectivity index (χ0v) is 17.5. The van der Waals surface area contributed by atoms with E-state index in [-0.39, 0.29) is 30.2 Å². The van der Waals surface area contributed by atoms with Crippen molar-refractivity contribution in [3.8, 4) is 5.75 Å². The Morgan fingerprint density at radius 3 is 2.62 bits per heavy atom. The third-order valence-corrected chi connectivity index (χ3v) is 5.70. The second-order valence-electron chi connectivity index (χ2n) is 7.40. The second-order valence-corrected chi connectivity index (χ2v) is 7.40. The molecule has 1 amide bonds. The van der Waals surface area contributed by atoms with Gasteiger partial charge < -0.3 is 15.4 Å². The van der Waals surface area contributed by atoms with Gasteiger partial charge in [-0.1, -0.05) is 30.3 Å². The Morgan fingerprint density at radius 2 is 1.93 bits per heavy atom. The van der Waals surface area contributed by atoms with Crippen LogP contribution >= 0.6 is 12.4 Å². The van der Waals surface area contributed by atoms with Crippen LogP contribution in [-0.2, 0) is 0 Å². The van der Waals surface area contributed by atoms with E-state index in [1.165, 1.54) is 5.56 Å². The van der Waals surface area contributed by atoms with E-state index in [0.29, 0.717) is 25.2 Å². The van der Waals surface area contributed by atoms with Gasteiger partial charge in [-0.25, -0.2) is 0 Å². The molecule has 1 aliphatic heterocycles. The maximum atomic E-state index is 13.3. The normalized spacial score (nSPS) is 18.5. The summed E-state index contributed by atoms with van der Waals surface area (Å²) in [6.07, 6.45) is 0. The number of rotatable bonds is 4. The first kappa shape index (κ1) is 21.1. The molecule has 0 unspecified atom stereocenters. The average molecular weight is 412 g/mol. The fourth-order valence-corrected chi connectivity index (χ4v) is 4.11. The number of fused-ring (bicyclic) bond motifs is 1. The van der Waals surface area contributed by atoms with E-state index in [2.05, 4.69) is 17.1 Å². The van der Waals surface area contributed by atoms with E-state index < -0.39 is 0 Å². The summed E-state index contributed by atoms with van der Waals surface area (Å²) in [6.45, 7) is 3.81. The molecule has 29 heavy (non-hydrogen) atoms. The highest BCUT2D eigenvalue weighted by molar-refractivity contribution is 5.99. The molecule has 0 spiro atoms. The number of nitrogens with zero attached hydrogens (tertiary/aromatic N) is 2. The Balaban J connectivity index is 0.00000240. The maximum Gasteiger partial charge on any atom is 0.255 e. The molecule has 2 N–H and O–H groups in total. The van der Waals surface area contributed by atoms with Crippen molar-refractivity contribution in [2.45, 2.75) is 12.8 Å². The van der Waals surface area contributed by atoms with Crippen molar-refractivity contribution in [3.05, 3.63) is 71.4 Å². The van der Waals surface area contributed by atoms with Crippen molar-refractivity contribution < 1.29 is 9.53 Å². The molecule has 0 aliphatic carbocycles. The van der Waals surface area contributed by atoms with Crippen LogP contribution in [0.2, 0.25) is 0 Å². The minimum Gasteiger partial charge on any atom is -0.497 e. The van der Waals surface area contributed by atoms with Crippen molar-refractivity contribution in [1.82, 2.24) is 9.88 Å². The molecule has 1 aliphatic rings. The highest BCUT2D eigenvalue weighted by atomic mass is 35.5. The Kier molecular flexibility index (Phi) is 6.40. The monoisotopic (exact) mass is 411 g/mol. The second kappa shape index (κ2) is 8.80. The lowest BCUT2D eigenvalue weighted by atomic mass is 9.89. The summed E-state index contributed by atoms with van der Waals surface area (Å²) >= 11 is 0. The average Bonchev–Trinajstić information content (AvgIpc) is 3.17. The predicted molar refractivity (Wildman–Crippen MR) is 118 cm³/mol. The molecule has 1 fully saturated rings. The minimum atomic E-state index is 0. The van der Waals surface area contributed by atoms with Crippen molar-refractivity contribution in [1.29, 1.82) is 0 Å². The number of amides is 1. The van der Waals surface area contributed by atoms with Gasteiger partial charge in [0.05, 0.1) is 23.9 Å². The zero-order valence-electron chi connectivity index (χ0n) is 16.7. The number of benzene rings is 2. The van der Waals surface area contributed by atoms with Gasteiger partial charge in [-0.15, -0.1) is 12.4 Å². The quantitative estimate of drug-likeness (QED) is 0.709. The molecule has 2 atom stereocenters. The molecular weight excluding hydrogens is 386 g/mol. The molecule has 1 saturated heterocycles. The van der Waals surface area contributed by atoms with Crippen LogP contribution in [0.3, 0.4) is 0 Å². The number of aryl methyl sites for hydroxylation is 1. The van der Waals surface area contributed by atoms with Gasteiger partial charge >= 0.3 is 0 Å². The van der Waals surface area contributed by atoms with Gasteiger partial charge in [0.1, 0.15) is 5.75 Å². The van der Waals surface area contributed by atoms with Crippen LogP contribution in [0.5, 0.6) is 5.75 Å². The molecule has 1 aromatic heterocycles. The summed E-state index contributed by atoms with van der Waals surface area (Å²) in [5.41, 5.74) is 9.50. The SMILES string of the molecule is COc1ccc2cc(C(=O)N3C[C@@H](CN)[C@H](c4ccccc4)C3)c(C)nc2c1.Cl. The van der Waals surface area contributed by atoms with E-state index in [4.69, 9.17) is 10.5 Å². The number of halogens is 1. The molecule has 3 aromatic rings. The van der Waals surface area contributed by atoms with Crippen LogP contribution in [-0.4, -0.2) is 42.5 Å². The maximum absolute atomic E-state index is 13.3. The van der Waals surface area contributed by atoms with Crippen molar-refractivity contribution in [2.75, 3.05) is 26.7 Å². The van der Waals surface area contributed by atoms with Crippen LogP contribution in [0, 0.1) is 12.8 Å². The lowest BCUT2D eigenvalue weighted by Gasteiger charge is -2.18. The number of methoxy groups -OCH3 is 1. The van der Waals surface area contributed by atoms with Crippen molar-refractivity contribution in [3.63, 3.8) is 0 Å². The van der Waals surface area contributed by atoms with Gasteiger partial charge in [-0.05, 0) is 43.1 Å². The Bertz CT molecular complexity index is 1010. The molecule has 5 nitrogen and oxygen atoms in total. The number of pyridine rings is 1. The van der Waals surface area contributed by atoms with Crippen LogP contribution in [0.15, 0.2) is 54.6 Å². The number of hydrogen-bond donors (Lipinski definition) is 1. The van der Waals surface area contributed by atoms with Gasteiger partial charge in [-0.3, -0.25) is 9.78 Å². The Labute approximate surface area is 177 Å². The predicted octanol–water partition coefficient (Wildman–Crippen LogP) is 3.79. The number of ether oxygens (including phenoxy) is 1. The summed E-state index contributed by atoms with van der Waals surface area (Å²) in [5.74, 6) is 1.33. The molecule has 6 heteroatoms. The molecular formula is C23H26ClN3O2. The lowest BCUT2D eigenvalue weighted by molar-refractivity contribution is 0.0785. The molecule has 0 saturated carbocycles. The van der Waals surface area contributed by atoms with E-state index >= 15 is 0 Å². The Hall–Kier alpha value is -2.63. The van der Waals surface area contributed by atoms with Crippen LogP contribution in [0.25, 0.3) is 10.9 Å². The van der Waals surface area contributed by atoms with E-state index in [0.717, 1.165) is 22.3 Å². The summed E-state index contributed by atoms with van der Waals surface area (Å²) in [6, 6.07) is 18.0. The first-order chi connectivity index (χ1) is 13.6. The lowest BCUT2D eigenvalue weighted by Crippen LogP contribution is -2.30. The van der Waals surface area contributed by atoms with Gasteiger partial charge in [0.2, 0.25) is 0 Å². The molecule has 0 bridgehead atoms. The molecule has 2 heterocycles. The number of carbonyl (C=O) groups excluding carboxylic acids is 1. The van der Waals surface area contributed by atoms with E-state index in [9.17, 15) is 4.79 Å². The van der Waals surface area contributed by atoms with E-state index in [1.54, 1.807) is 7.11 Å². The molecule has 4 rings (SSSR count). The fourth-order valence-electron chi connectivity index (χ4n) is 4.11. The van der Waals surface area contributed by atoms with E-state index in [1.807, 2.05) is 54.3 Å². The number of aromatic nitrogens is 1. The fraction of sp³-hybridized carbons (Fsp3) is 0.304. The first-order valence-electron chi connectivity index (χ1n) is 9.60. The molecule has 0 radical (unpaired) electrons. The van der Waals surface area contributed by atoms with Gasteiger partial charge in [0.15, 0.2) is 0 Å². The van der Waals surface area contributed by atoms with Crippen LogP contribution in [0.4, 0.5) is 0 Å². The number of likely N-dealkylation sites (tertiary alicyclic amines) is 1. The summed E-state index contributed by atoms with van der Waals surface area (Å²) in [7, 11) is 1.64. The zero-order chi connectivity index (χ0) is 19.7. The third kappa shape index (κ3) is 4.07. The minimum absolute atomic E-state index is 0. The number of nitrogens with two attached hydrogens (primary N) is 1. The molecule has 2 aromatic carbocycles. The third-order valence-electron chi connectivity index (χ3n) is 5.70. The van der Waals surface area contributed by atoms with Crippen molar-refractivity contribution in [2.24, 2.45) is 11.7 Å².